The first kappa shape index (κ1) is 19.4. The number of nitrogens with zero attached hydrogens (tertiary/aromatic N) is 2. The van der Waals surface area contributed by atoms with Crippen LogP contribution in [0.25, 0.3) is 0 Å². The number of imide groups is 1. The number of carbonyl (C=O) groups is 3. The Balaban J connectivity index is 1.67. The van der Waals surface area contributed by atoms with Crippen molar-refractivity contribution in [1.29, 1.82) is 0 Å². The van der Waals surface area contributed by atoms with Crippen LogP contribution in [0.15, 0.2) is 48.5 Å². The summed E-state index contributed by atoms with van der Waals surface area (Å²) < 4.78 is 5.36. The van der Waals surface area contributed by atoms with E-state index in [1.165, 1.54) is 4.90 Å². The molecule has 7 heteroatoms. The molecule has 1 saturated heterocycles. The number of ether oxygens (including phenoxy) is 1. The van der Waals surface area contributed by atoms with Gasteiger partial charge in [0.1, 0.15) is 18.3 Å². The number of amides is 4. The van der Waals surface area contributed by atoms with Gasteiger partial charge in [0, 0.05) is 11.4 Å². The van der Waals surface area contributed by atoms with E-state index >= 15 is 0 Å². The first-order chi connectivity index (χ1) is 13.4. The van der Waals surface area contributed by atoms with Crippen molar-refractivity contribution in [2.45, 2.75) is 26.8 Å². The molecule has 1 aliphatic heterocycles. The Labute approximate surface area is 163 Å². The van der Waals surface area contributed by atoms with Gasteiger partial charge < -0.3 is 10.1 Å². The van der Waals surface area contributed by atoms with Crippen LogP contribution < -0.4 is 15.0 Å². The molecule has 1 heterocycles. The van der Waals surface area contributed by atoms with Gasteiger partial charge in [0.25, 0.3) is 5.91 Å². The Morgan fingerprint density at radius 3 is 2.32 bits per heavy atom. The summed E-state index contributed by atoms with van der Waals surface area (Å²) in [5.41, 5.74) is 2.25. The van der Waals surface area contributed by atoms with Gasteiger partial charge in [0.2, 0.25) is 5.91 Å². The third-order valence-corrected chi connectivity index (χ3v) is 4.51. The number of rotatable bonds is 6. The van der Waals surface area contributed by atoms with Crippen molar-refractivity contribution in [3.8, 4) is 5.75 Å². The maximum Gasteiger partial charge on any atom is 0.332 e. The van der Waals surface area contributed by atoms with Crippen LogP contribution in [0.1, 0.15) is 19.4 Å². The second kappa shape index (κ2) is 8.12. The monoisotopic (exact) mass is 381 g/mol. The summed E-state index contributed by atoms with van der Waals surface area (Å²) in [6, 6.07) is 13.1. The molecule has 0 bridgehead atoms. The van der Waals surface area contributed by atoms with Crippen molar-refractivity contribution in [3.63, 3.8) is 0 Å². The lowest BCUT2D eigenvalue weighted by Crippen LogP contribution is -2.39. The second-order valence-corrected chi connectivity index (χ2v) is 6.59. The van der Waals surface area contributed by atoms with Gasteiger partial charge in [-0.25, -0.2) is 4.79 Å². The van der Waals surface area contributed by atoms with Gasteiger partial charge in [-0.15, -0.1) is 0 Å². The molecule has 0 saturated carbocycles. The molecular weight excluding hydrogens is 358 g/mol. The molecule has 2 aromatic rings. The molecule has 0 unspecified atom stereocenters. The van der Waals surface area contributed by atoms with Crippen LogP contribution in [0.5, 0.6) is 5.75 Å². The fraction of sp³-hybridized carbons (Fsp3) is 0.286. The molecule has 7 nitrogen and oxygen atoms in total. The maximum atomic E-state index is 12.8. The Hall–Kier alpha value is -3.35. The van der Waals surface area contributed by atoms with Crippen LogP contribution >= 0.6 is 0 Å². The molecule has 1 N–H and O–H groups in total. The van der Waals surface area contributed by atoms with Crippen molar-refractivity contribution in [2.75, 3.05) is 23.4 Å². The standard InChI is InChI=1S/C21H23N3O4/c1-4-28-18-11-7-16(8-12-18)22-19(25)13-23-20(26)15(3)24(21(23)27)17-9-5-14(2)6-10-17/h5-12,15H,4,13H2,1-3H3,(H,22,25)/t15-/m1/s1. The summed E-state index contributed by atoms with van der Waals surface area (Å²) in [4.78, 5) is 40.0. The lowest BCUT2D eigenvalue weighted by Gasteiger charge is -2.19. The molecular formula is C21H23N3O4. The molecule has 0 spiro atoms. The topological polar surface area (TPSA) is 79.0 Å². The lowest BCUT2D eigenvalue weighted by molar-refractivity contribution is -0.130. The predicted molar refractivity (Wildman–Crippen MR) is 106 cm³/mol. The summed E-state index contributed by atoms with van der Waals surface area (Å²) in [7, 11) is 0. The van der Waals surface area contributed by atoms with Crippen LogP contribution in [0.2, 0.25) is 0 Å². The van der Waals surface area contributed by atoms with Gasteiger partial charge >= 0.3 is 6.03 Å². The first-order valence-electron chi connectivity index (χ1n) is 9.14. The van der Waals surface area contributed by atoms with Gasteiger partial charge in [-0.1, -0.05) is 17.7 Å². The number of hydrogen-bond donors (Lipinski definition) is 1. The van der Waals surface area contributed by atoms with Gasteiger partial charge in [-0.3, -0.25) is 19.4 Å². The third-order valence-electron chi connectivity index (χ3n) is 4.51. The molecule has 1 atom stereocenters. The molecule has 146 valence electrons. The van der Waals surface area contributed by atoms with Crippen molar-refractivity contribution in [3.05, 3.63) is 54.1 Å². The number of benzene rings is 2. The van der Waals surface area contributed by atoms with E-state index in [4.69, 9.17) is 4.74 Å². The molecule has 4 amide bonds. The maximum absolute atomic E-state index is 12.8. The molecule has 2 aromatic carbocycles. The van der Waals surface area contributed by atoms with E-state index in [1.54, 1.807) is 43.3 Å². The second-order valence-electron chi connectivity index (χ2n) is 6.59. The van der Waals surface area contributed by atoms with E-state index in [0.29, 0.717) is 23.7 Å². The molecule has 0 radical (unpaired) electrons. The fourth-order valence-electron chi connectivity index (χ4n) is 3.06. The molecule has 3 rings (SSSR count). The van der Waals surface area contributed by atoms with Gasteiger partial charge in [-0.2, -0.15) is 0 Å². The zero-order valence-corrected chi connectivity index (χ0v) is 16.1. The van der Waals surface area contributed by atoms with E-state index in [2.05, 4.69) is 5.32 Å². The van der Waals surface area contributed by atoms with Gasteiger partial charge in [0.05, 0.1) is 6.61 Å². The number of aryl methyl sites for hydroxylation is 1. The summed E-state index contributed by atoms with van der Waals surface area (Å²) in [5, 5.41) is 2.70. The molecule has 0 aromatic heterocycles. The Morgan fingerprint density at radius 1 is 1.07 bits per heavy atom. The van der Waals surface area contributed by atoms with Crippen LogP contribution in [0, 0.1) is 6.92 Å². The highest BCUT2D eigenvalue weighted by Gasteiger charge is 2.44. The summed E-state index contributed by atoms with van der Waals surface area (Å²) in [6.07, 6.45) is 0. The summed E-state index contributed by atoms with van der Waals surface area (Å²) in [5.74, 6) is -0.135. The van der Waals surface area contributed by atoms with Crippen molar-refractivity contribution in [2.24, 2.45) is 0 Å². The van der Waals surface area contributed by atoms with E-state index in [1.807, 2.05) is 26.0 Å². The highest BCUT2D eigenvalue weighted by atomic mass is 16.5. The quantitative estimate of drug-likeness (QED) is 0.780. The van der Waals surface area contributed by atoms with Crippen molar-refractivity contribution in [1.82, 2.24) is 4.90 Å². The van der Waals surface area contributed by atoms with E-state index in [0.717, 1.165) is 10.5 Å². The van der Waals surface area contributed by atoms with E-state index in [-0.39, 0.29) is 6.54 Å². The third kappa shape index (κ3) is 3.98. The number of hydrogen-bond acceptors (Lipinski definition) is 4. The molecule has 1 fully saturated rings. The van der Waals surface area contributed by atoms with Crippen LogP contribution in [0.4, 0.5) is 16.2 Å². The smallest absolute Gasteiger partial charge is 0.332 e. The number of urea groups is 1. The predicted octanol–water partition coefficient (Wildman–Crippen LogP) is 3.19. The van der Waals surface area contributed by atoms with E-state index in [9.17, 15) is 14.4 Å². The number of carbonyl (C=O) groups excluding carboxylic acids is 3. The zero-order valence-electron chi connectivity index (χ0n) is 16.1. The molecule has 0 aliphatic carbocycles. The van der Waals surface area contributed by atoms with Crippen LogP contribution in [0.3, 0.4) is 0 Å². The Bertz CT molecular complexity index is 878. The van der Waals surface area contributed by atoms with Gasteiger partial charge in [-0.05, 0) is 57.2 Å². The average molecular weight is 381 g/mol. The largest absolute Gasteiger partial charge is 0.494 e. The van der Waals surface area contributed by atoms with Gasteiger partial charge in [0.15, 0.2) is 0 Å². The van der Waals surface area contributed by atoms with Crippen molar-refractivity contribution < 1.29 is 19.1 Å². The summed E-state index contributed by atoms with van der Waals surface area (Å²) in [6.45, 7) is 5.71. The Morgan fingerprint density at radius 2 is 1.71 bits per heavy atom. The minimum absolute atomic E-state index is 0.336. The number of nitrogens with one attached hydrogen (secondary N) is 1. The highest BCUT2D eigenvalue weighted by molar-refractivity contribution is 6.16. The van der Waals surface area contributed by atoms with E-state index < -0.39 is 23.9 Å². The van der Waals surface area contributed by atoms with Crippen molar-refractivity contribution >= 4 is 29.2 Å². The fourth-order valence-corrected chi connectivity index (χ4v) is 3.06. The lowest BCUT2D eigenvalue weighted by atomic mass is 10.2. The number of anilines is 2. The molecule has 28 heavy (non-hydrogen) atoms. The minimum atomic E-state index is -0.659. The summed E-state index contributed by atoms with van der Waals surface area (Å²) >= 11 is 0. The average Bonchev–Trinajstić information content (AvgIpc) is 2.88. The first-order valence-corrected chi connectivity index (χ1v) is 9.14. The minimum Gasteiger partial charge on any atom is -0.494 e. The molecule has 1 aliphatic rings. The zero-order chi connectivity index (χ0) is 20.3. The van der Waals surface area contributed by atoms with Crippen LogP contribution in [-0.4, -0.2) is 41.9 Å². The van der Waals surface area contributed by atoms with Crippen LogP contribution in [-0.2, 0) is 9.59 Å². The normalized spacial score (nSPS) is 16.5. The highest BCUT2D eigenvalue weighted by Crippen LogP contribution is 2.26. The SMILES string of the molecule is CCOc1ccc(NC(=O)CN2C(=O)[C@@H](C)N(c3ccc(C)cc3)C2=O)cc1. The Kier molecular flexibility index (Phi) is 5.63.